The molecule has 1 aliphatic heterocycles. The Bertz CT molecular complexity index is 633. The summed E-state index contributed by atoms with van der Waals surface area (Å²) in [5.41, 5.74) is -1.29. The highest BCUT2D eigenvalue weighted by molar-refractivity contribution is 7.89. The summed E-state index contributed by atoms with van der Waals surface area (Å²) in [6.45, 7) is -0.374. The molecule has 0 saturated carbocycles. The van der Waals surface area contributed by atoms with Crippen molar-refractivity contribution in [2.45, 2.75) is 30.0 Å². The second kappa shape index (κ2) is 5.75. The topological polar surface area (TPSA) is 57.6 Å². The van der Waals surface area contributed by atoms with Crippen LogP contribution in [0.15, 0.2) is 23.1 Å². The predicted octanol–water partition coefficient (Wildman–Crippen LogP) is 2.50. The summed E-state index contributed by atoms with van der Waals surface area (Å²) >= 11 is 5.72. The molecule has 0 aromatic heterocycles. The SMILES string of the molecule is O=S(=O)(c1c(Cl)cccc1C(F)(F)F)N1CCC[C@@H]1CO. The molecule has 118 valence electrons. The molecule has 0 radical (unpaired) electrons. The first-order valence-electron chi connectivity index (χ1n) is 6.18. The first-order chi connectivity index (χ1) is 9.69. The van der Waals surface area contributed by atoms with Crippen LogP contribution in [0.2, 0.25) is 5.02 Å². The van der Waals surface area contributed by atoms with Gasteiger partial charge in [0, 0.05) is 12.6 Å². The Morgan fingerprint density at radius 2 is 2.05 bits per heavy atom. The van der Waals surface area contributed by atoms with Crippen molar-refractivity contribution < 1.29 is 26.7 Å². The van der Waals surface area contributed by atoms with Crippen LogP contribution in [0.4, 0.5) is 13.2 Å². The molecular formula is C12H13ClF3NO3S. The molecular weight excluding hydrogens is 331 g/mol. The fourth-order valence-electron chi connectivity index (χ4n) is 2.42. The van der Waals surface area contributed by atoms with Crippen LogP contribution in [0.25, 0.3) is 0 Å². The molecule has 1 N–H and O–H groups in total. The summed E-state index contributed by atoms with van der Waals surface area (Å²) in [6.07, 6.45) is -3.94. The Morgan fingerprint density at radius 3 is 2.62 bits per heavy atom. The molecule has 1 fully saturated rings. The van der Waals surface area contributed by atoms with Crippen LogP contribution in [-0.4, -0.2) is 37.0 Å². The Hall–Kier alpha value is -0.830. The molecule has 9 heteroatoms. The molecule has 1 aliphatic rings. The van der Waals surface area contributed by atoms with E-state index in [9.17, 15) is 26.7 Å². The summed E-state index contributed by atoms with van der Waals surface area (Å²) in [6, 6.07) is 2.13. The molecule has 1 aromatic carbocycles. The maximum atomic E-state index is 13.0. The highest BCUT2D eigenvalue weighted by Gasteiger charge is 2.43. The molecule has 0 bridgehead atoms. The van der Waals surface area contributed by atoms with Gasteiger partial charge in [-0.15, -0.1) is 0 Å². The highest BCUT2D eigenvalue weighted by Crippen LogP contribution is 2.40. The third kappa shape index (κ3) is 3.03. The van der Waals surface area contributed by atoms with Crippen molar-refractivity contribution in [1.82, 2.24) is 4.31 Å². The van der Waals surface area contributed by atoms with Crippen molar-refractivity contribution in [1.29, 1.82) is 0 Å². The quantitative estimate of drug-likeness (QED) is 0.917. The van der Waals surface area contributed by atoms with Gasteiger partial charge in [-0.2, -0.15) is 17.5 Å². The number of halogens is 4. The van der Waals surface area contributed by atoms with Gasteiger partial charge in [-0.3, -0.25) is 0 Å². The number of rotatable bonds is 3. The third-order valence-electron chi connectivity index (χ3n) is 3.37. The monoisotopic (exact) mass is 343 g/mol. The molecule has 0 spiro atoms. The number of aliphatic hydroxyl groups excluding tert-OH is 1. The molecule has 1 saturated heterocycles. The number of hydrogen-bond acceptors (Lipinski definition) is 3. The van der Waals surface area contributed by atoms with Gasteiger partial charge in [-0.1, -0.05) is 17.7 Å². The van der Waals surface area contributed by atoms with Crippen molar-refractivity contribution in [2.24, 2.45) is 0 Å². The second-order valence-electron chi connectivity index (χ2n) is 4.71. The molecule has 0 aliphatic carbocycles. The second-order valence-corrected chi connectivity index (χ2v) is 6.94. The fraction of sp³-hybridized carbons (Fsp3) is 0.500. The molecule has 0 amide bonds. The van der Waals surface area contributed by atoms with Crippen LogP contribution >= 0.6 is 11.6 Å². The van der Waals surface area contributed by atoms with Crippen molar-refractivity contribution >= 4 is 21.6 Å². The van der Waals surface area contributed by atoms with Gasteiger partial charge in [0.05, 0.1) is 17.2 Å². The summed E-state index contributed by atoms with van der Waals surface area (Å²) in [5.74, 6) is 0. The van der Waals surface area contributed by atoms with Gasteiger partial charge in [0.2, 0.25) is 10.0 Å². The number of alkyl halides is 3. The average molecular weight is 344 g/mol. The van der Waals surface area contributed by atoms with Gasteiger partial charge < -0.3 is 5.11 Å². The van der Waals surface area contributed by atoms with Gasteiger partial charge >= 0.3 is 6.18 Å². The molecule has 2 rings (SSSR count). The Morgan fingerprint density at radius 1 is 1.38 bits per heavy atom. The van der Waals surface area contributed by atoms with E-state index in [2.05, 4.69) is 0 Å². The van der Waals surface area contributed by atoms with Gasteiger partial charge in [0.15, 0.2) is 0 Å². The lowest BCUT2D eigenvalue weighted by molar-refractivity contribution is -0.139. The minimum absolute atomic E-state index is 0.0656. The van der Waals surface area contributed by atoms with Crippen LogP contribution in [0.5, 0.6) is 0 Å². The van der Waals surface area contributed by atoms with Gasteiger partial charge in [0.1, 0.15) is 4.90 Å². The van der Waals surface area contributed by atoms with E-state index in [0.717, 1.165) is 16.4 Å². The largest absolute Gasteiger partial charge is 0.417 e. The van der Waals surface area contributed by atoms with E-state index in [1.54, 1.807) is 0 Å². The maximum Gasteiger partial charge on any atom is 0.417 e. The number of sulfonamides is 1. The lowest BCUT2D eigenvalue weighted by atomic mass is 10.2. The van der Waals surface area contributed by atoms with Crippen LogP contribution in [-0.2, 0) is 16.2 Å². The smallest absolute Gasteiger partial charge is 0.395 e. The van der Waals surface area contributed by atoms with Crippen molar-refractivity contribution in [2.75, 3.05) is 13.2 Å². The summed E-state index contributed by atoms with van der Waals surface area (Å²) < 4.78 is 65.0. The Labute approximate surface area is 125 Å². The van der Waals surface area contributed by atoms with E-state index in [4.69, 9.17) is 11.6 Å². The lowest BCUT2D eigenvalue weighted by Crippen LogP contribution is -2.38. The van der Waals surface area contributed by atoms with E-state index >= 15 is 0 Å². The number of benzene rings is 1. The fourth-order valence-corrected chi connectivity index (χ4v) is 4.83. The molecule has 0 unspecified atom stereocenters. The minimum Gasteiger partial charge on any atom is -0.395 e. The molecule has 1 aromatic rings. The summed E-state index contributed by atoms with van der Waals surface area (Å²) in [7, 11) is -4.42. The zero-order chi connectivity index (χ0) is 15.8. The van der Waals surface area contributed by atoms with E-state index in [1.165, 1.54) is 0 Å². The van der Waals surface area contributed by atoms with Crippen LogP contribution < -0.4 is 0 Å². The van der Waals surface area contributed by atoms with E-state index in [0.29, 0.717) is 18.9 Å². The average Bonchev–Trinajstić information content (AvgIpc) is 2.86. The van der Waals surface area contributed by atoms with E-state index in [-0.39, 0.29) is 6.54 Å². The Kier molecular flexibility index (Phi) is 4.53. The van der Waals surface area contributed by atoms with Gasteiger partial charge in [0.25, 0.3) is 0 Å². The van der Waals surface area contributed by atoms with Crippen LogP contribution in [0.3, 0.4) is 0 Å². The molecule has 4 nitrogen and oxygen atoms in total. The zero-order valence-corrected chi connectivity index (χ0v) is 12.3. The molecule has 1 heterocycles. The zero-order valence-electron chi connectivity index (χ0n) is 10.8. The lowest BCUT2D eigenvalue weighted by Gasteiger charge is -2.24. The summed E-state index contributed by atoms with van der Waals surface area (Å²) in [4.78, 5) is -0.945. The number of nitrogens with zero attached hydrogens (tertiary/aromatic N) is 1. The van der Waals surface area contributed by atoms with Crippen LogP contribution in [0, 0.1) is 0 Å². The van der Waals surface area contributed by atoms with Crippen molar-refractivity contribution in [3.05, 3.63) is 28.8 Å². The predicted molar refractivity (Wildman–Crippen MR) is 70.5 cm³/mol. The summed E-state index contributed by atoms with van der Waals surface area (Å²) in [5, 5.41) is 8.71. The van der Waals surface area contributed by atoms with Crippen LogP contribution in [0.1, 0.15) is 18.4 Å². The number of aliphatic hydroxyl groups is 1. The van der Waals surface area contributed by atoms with Gasteiger partial charge in [-0.05, 0) is 25.0 Å². The standard InChI is InChI=1S/C12H13ClF3NO3S/c13-10-5-1-4-9(12(14,15)16)11(10)21(19,20)17-6-2-3-8(17)7-18/h1,4-5,8,18H,2-3,6-7H2/t8-/m1/s1. The van der Waals surface area contributed by atoms with Crippen molar-refractivity contribution in [3.63, 3.8) is 0 Å². The number of hydrogen-bond donors (Lipinski definition) is 1. The van der Waals surface area contributed by atoms with E-state index in [1.807, 2.05) is 0 Å². The Balaban J connectivity index is 2.60. The first-order valence-corrected chi connectivity index (χ1v) is 8.00. The molecule has 21 heavy (non-hydrogen) atoms. The molecule has 1 atom stereocenters. The van der Waals surface area contributed by atoms with Gasteiger partial charge in [-0.25, -0.2) is 8.42 Å². The minimum atomic E-state index is -4.83. The van der Waals surface area contributed by atoms with Crippen molar-refractivity contribution in [3.8, 4) is 0 Å². The van der Waals surface area contributed by atoms with E-state index < -0.39 is 44.3 Å². The third-order valence-corrected chi connectivity index (χ3v) is 5.85. The maximum absolute atomic E-state index is 13.0. The first kappa shape index (κ1) is 16.5. The highest BCUT2D eigenvalue weighted by atomic mass is 35.5. The normalized spacial score (nSPS) is 20.9.